The molecular formula is C16H13ClN2O. The van der Waals surface area contributed by atoms with E-state index in [9.17, 15) is 4.79 Å². The Labute approximate surface area is 121 Å². The quantitative estimate of drug-likeness (QED) is 0.676. The maximum atomic E-state index is 11.9. The Hall–Kier alpha value is -2.13. The van der Waals surface area contributed by atoms with Crippen LogP contribution in [0, 0.1) is 6.92 Å². The first-order valence-electron chi connectivity index (χ1n) is 6.36. The molecule has 2 aromatic heterocycles. The van der Waals surface area contributed by atoms with Crippen LogP contribution in [0.2, 0.25) is 5.15 Å². The lowest BCUT2D eigenvalue weighted by atomic mass is 10.1. The number of aromatic nitrogens is 2. The van der Waals surface area contributed by atoms with E-state index in [1.54, 1.807) is 16.7 Å². The first-order valence-corrected chi connectivity index (χ1v) is 6.73. The highest BCUT2D eigenvalue weighted by molar-refractivity contribution is 6.30. The number of aryl methyl sites for hydroxylation is 1. The molecule has 0 radical (unpaired) electrons. The molecule has 2 heterocycles. The fourth-order valence-electron chi connectivity index (χ4n) is 2.24. The van der Waals surface area contributed by atoms with Gasteiger partial charge in [0.2, 0.25) is 0 Å². The number of nitrogens with zero attached hydrogens (tertiary/aromatic N) is 2. The highest BCUT2D eigenvalue weighted by atomic mass is 35.5. The van der Waals surface area contributed by atoms with Gasteiger partial charge in [-0.3, -0.25) is 4.79 Å². The number of fused-ring (bicyclic) bond motifs is 1. The normalized spacial score (nSPS) is 10.9. The summed E-state index contributed by atoms with van der Waals surface area (Å²) in [5, 5.41) is 1.47. The molecule has 20 heavy (non-hydrogen) atoms. The van der Waals surface area contributed by atoms with Gasteiger partial charge < -0.3 is 4.57 Å². The van der Waals surface area contributed by atoms with Gasteiger partial charge in [-0.1, -0.05) is 35.9 Å². The van der Waals surface area contributed by atoms with E-state index in [2.05, 4.69) is 4.98 Å². The number of rotatable bonds is 2. The Kier molecular flexibility index (Phi) is 3.28. The summed E-state index contributed by atoms with van der Waals surface area (Å²) in [6.45, 7) is 2.34. The molecule has 3 nitrogen and oxygen atoms in total. The Balaban J connectivity index is 2.11. The minimum atomic E-state index is -0.0331. The molecule has 100 valence electrons. The molecule has 0 aliphatic heterocycles. The molecule has 0 N–H and O–H groups in total. The summed E-state index contributed by atoms with van der Waals surface area (Å²) in [6.07, 6.45) is 0. The molecule has 3 aromatic rings. The van der Waals surface area contributed by atoms with Crippen molar-refractivity contribution in [1.29, 1.82) is 0 Å². The van der Waals surface area contributed by atoms with E-state index in [1.807, 2.05) is 43.3 Å². The van der Waals surface area contributed by atoms with Crippen molar-refractivity contribution in [3.63, 3.8) is 0 Å². The van der Waals surface area contributed by atoms with E-state index in [1.165, 1.54) is 0 Å². The molecule has 0 amide bonds. The van der Waals surface area contributed by atoms with Gasteiger partial charge in [-0.2, -0.15) is 0 Å². The van der Waals surface area contributed by atoms with E-state index >= 15 is 0 Å². The molecule has 0 atom stereocenters. The summed E-state index contributed by atoms with van der Waals surface area (Å²) < 4.78 is 1.69. The Morgan fingerprint density at radius 1 is 1.15 bits per heavy atom. The van der Waals surface area contributed by atoms with Crippen LogP contribution < -0.4 is 5.56 Å². The molecule has 0 aliphatic carbocycles. The first-order chi connectivity index (χ1) is 9.65. The van der Waals surface area contributed by atoms with Crippen molar-refractivity contribution in [2.75, 3.05) is 0 Å². The fourth-order valence-corrected chi connectivity index (χ4v) is 2.45. The SMILES string of the molecule is Cc1cccc(=O)n1Cc1cc2ccccc2nc1Cl. The van der Waals surface area contributed by atoms with Crippen molar-refractivity contribution in [1.82, 2.24) is 9.55 Å². The largest absolute Gasteiger partial charge is 0.308 e. The number of pyridine rings is 2. The van der Waals surface area contributed by atoms with Gasteiger partial charge in [0.25, 0.3) is 5.56 Å². The maximum Gasteiger partial charge on any atom is 0.251 e. The van der Waals surface area contributed by atoms with Crippen molar-refractivity contribution < 1.29 is 0 Å². The molecule has 1 aromatic carbocycles. The van der Waals surface area contributed by atoms with Crippen LogP contribution in [0.15, 0.2) is 53.3 Å². The van der Waals surface area contributed by atoms with Crippen LogP contribution in [-0.4, -0.2) is 9.55 Å². The van der Waals surface area contributed by atoms with Crippen LogP contribution in [0.1, 0.15) is 11.3 Å². The molecule has 0 saturated carbocycles. The van der Waals surface area contributed by atoms with E-state index in [0.717, 1.165) is 22.2 Å². The Bertz CT molecular complexity index is 839. The topological polar surface area (TPSA) is 34.9 Å². The molecule has 3 rings (SSSR count). The van der Waals surface area contributed by atoms with E-state index in [4.69, 9.17) is 11.6 Å². The zero-order valence-corrected chi connectivity index (χ0v) is 11.8. The summed E-state index contributed by atoms with van der Waals surface area (Å²) in [4.78, 5) is 16.3. The number of hydrogen-bond acceptors (Lipinski definition) is 2. The predicted molar refractivity (Wildman–Crippen MR) is 81.3 cm³/mol. The van der Waals surface area contributed by atoms with Gasteiger partial charge in [0.15, 0.2) is 0 Å². The van der Waals surface area contributed by atoms with E-state index in [0.29, 0.717) is 11.7 Å². The summed E-state index contributed by atoms with van der Waals surface area (Å²) in [6, 6.07) is 15.0. The highest BCUT2D eigenvalue weighted by Crippen LogP contribution is 2.21. The minimum Gasteiger partial charge on any atom is -0.308 e. The van der Waals surface area contributed by atoms with Crippen LogP contribution >= 0.6 is 11.6 Å². The fraction of sp³-hybridized carbons (Fsp3) is 0.125. The molecular weight excluding hydrogens is 272 g/mol. The molecule has 0 unspecified atom stereocenters. The van der Waals surface area contributed by atoms with Crippen LogP contribution in [0.3, 0.4) is 0 Å². The van der Waals surface area contributed by atoms with Crippen molar-refractivity contribution in [2.24, 2.45) is 0 Å². The third kappa shape index (κ3) is 2.32. The average molecular weight is 285 g/mol. The third-order valence-corrected chi connectivity index (χ3v) is 3.67. The molecule has 0 aliphatic rings. The standard InChI is InChI=1S/C16H13ClN2O/c1-11-5-4-8-15(20)19(11)10-13-9-12-6-2-3-7-14(12)18-16(13)17/h2-9H,10H2,1H3. The van der Waals surface area contributed by atoms with Crippen LogP contribution in [0.25, 0.3) is 10.9 Å². The second-order valence-corrected chi connectivity index (χ2v) is 5.08. The second-order valence-electron chi connectivity index (χ2n) is 4.72. The molecule has 0 bridgehead atoms. The zero-order valence-electron chi connectivity index (χ0n) is 11.0. The summed E-state index contributed by atoms with van der Waals surface area (Å²) in [5.74, 6) is 0. The average Bonchev–Trinajstić information content (AvgIpc) is 2.43. The molecule has 0 saturated heterocycles. The minimum absolute atomic E-state index is 0.0331. The van der Waals surface area contributed by atoms with Crippen LogP contribution in [0.4, 0.5) is 0 Å². The predicted octanol–water partition coefficient (Wildman–Crippen LogP) is 3.41. The maximum absolute atomic E-state index is 11.9. The van der Waals surface area contributed by atoms with Crippen LogP contribution in [0.5, 0.6) is 0 Å². The Morgan fingerprint density at radius 2 is 1.95 bits per heavy atom. The summed E-state index contributed by atoms with van der Waals surface area (Å²) >= 11 is 6.23. The highest BCUT2D eigenvalue weighted by Gasteiger charge is 2.07. The van der Waals surface area contributed by atoms with Crippen molar-refractivity contribution in [3.8, 4) is 0 Å². The number of benzene rings is 1. The summed E-state index contributed by atoms with van der Waals surface area (Å²) in [7, 11) is 0. The lowest BCUT2D eigenvalue weighted by molar-refractivity contribution is 0.729. The monoisotopic (exact) mass is 284 g/mol. The lowest BCUT2D eigenvalue weighted by Gasteiger charge is -2.11. The number of para-hydroxylation sites is 1. The van der Waals surface area contributed by atoms with Gasteiger partial charge in [0, 0.05) is 22.7 Å². The second kappa shape index (κ2) is 5.10. The van der Waals surface area contributed by atoms with Crippen LogP contribution in [-0.2, 0) is 6.54 Å². The number of hydrogen-bond donors (Lipinski definition) is 0. The summed E-state index contributed by atoms with van der Waals surface area (Å²) in [5.41, 5.74) is 2.58. The van der Waals surface area contributed by atoms with Crippen molar-refractivity contribution in [3.05, 3.63) is 75.3 Å². The molecule has 0 fully saturated rings. The smallest absolute Gasteiger partial charge is 0.251 e. The van der Waals surface area contributed by atoms with E-state index in [-0.39, 0.29) is 5.56 Å². The molecule has 0 spiro atoms. The number of halogens is 1. The van der Waals surface area contributed by atoms with Gasteiger partial charge in [0.1, 0.15) is 5.15 Å². The van der Waals surface area contributed by atoms with Gasteiger partial charge in [0.05, 0.1) is 12.1 Å². The van der Waals surface area contributed by atoms with Gasteiger partial charge in [-0.15, -0.1) is 0 Å². The van der Waals surface area contributed by atoms with Gasteiger partial charge >= 0.3 is 0 Å². The van der Waals surface area contributed by atoms with E-state index < -0.39 is 0 Å². The molecule has 4 heteroatoms. The van der Waals surface area contributed by atoms with Crippen molar-refractivity contribution in [2.45, 2.75) is 13.5 Å². The lowest BCUT2D eigenvalue weighted by Crippen LogP contribution is -2.21. The Morgan fingerprint density at radius 3 is 2.75 bits per heavy atom. The van der Waals surface area contributed by atoms with Gasteiger partial charge in [-0.25, -0.2) is 4.98 Å². The van der Waals surface area contributed by atoms with Gasteiger partial charge in [-0.05, 0) is 25.1 Å². The van der Waals surface area contributed by atoms with Crippen molar-refractivity contribution >= 4 is 22.5 Å². The zero-order chi connectivity index (χ0) is 14.1. The first kappa shape index (κ1) is 12.9. The third-order valence-electron chi connectivity index (χ3n) is 3.35.